The van der Waals surface area contributed by atoms with E-state index in [4.69, 9.17) is 16.1 Å². The van der Waals surface area contributed by atoms with Crippen molar-refractivity contribution in [2.75, 3.05) is 0 Å². The van der Waals surface area contributed by atoms with Crippen molar-refractivity contribution in [3.63, 3.8) is 0 Å². The lowest BCUT2D eigenvalue weighted by molar-refractivity contribution is -0.126. The SMILES string of the molecule is C[C@@H](NC(=O)[C@H]1CCC(=O)N1)c1noc(-c2ccc(Cl)cc2)n1. The Bertz CT molecular complexity index is 729. The number of carbonyl (C=O) groups is 2. The van der Waals surface area contributed by atoms with Gasteiger partial charge in [0.05, 0.1) is 6.04 Å². The lowest BCUT2D eigenvalue weighted by Crippen LogP contribution is -2.42. The number of halogens is 1. The van der Waals surface area contributed by atoms with Crippen molar-refractivity contribution >= 4 is 23.4 Å². The van der Waals surface area contributed by atoms with Crippen molar-refractivity contribution in [3.8, 4) is 11.5 Å². The summed E-state index contributed by atoms with van der Waals surface area (Å²) in [4.78, 5) is 27.5. The minimum Gasteiger partial charge on any atom is -0.344 e. The maximum atomic E-state index is 12.1. The Labute approximate surface area is 137 Å². The zero-order valence-corrected chi connectivity index (χ0v) is 13.1. The van der Waals surface area contributed by atoms with E-state index >= 15 is 0 Å². The first kappa shape index (κ1) is 15.5. The highest BCUT2D eigenvalue weighted by Crippen LogP contribution is 2.21. The maximum absolute atomic E-state index is 12.1. The molecule has 1 saturated heterocycles. The van der Waals surface area contributed by atoms with E-state index < -0.39 is 12.1 Å². The third kappa shape index (κ3) is 3.50. The molecule has 2 atom stereocenters. The van der Waals surface area contributed by atoms with Crippen LogP contribution in [0.3, 0.4) is 0 Å². The van der Waals surface area contributed by atoms with Crippen molar-refractivity contribution < 1.29 is 14.1 Å². The summed E-state index contributed by atoms with van der Waals surface area (Å²) >= 11 is 5.84. The van der Waals surface area contributed by atoms with Gasteiger partial charge in [-0.3, -0.25) is 9.59 Å². The van der Waals surface area contributed by atoms with Gasteiger partial charge in [0.2, 0.25) is 11.8 Å². The standard InChI is InChI=1S/C15H15ClN4O3/c1-8(17-14(22)11-6-7-12(21)18-11)13-19-15(23-20-13)9-2-4-10(16)5-3-9/h2-5,8,11H,6-7H2,1H3,(H,17,22)(H,18,21)/t8-,11-/m1/s1. The van der Waals surface area contributed by atoms with Crippen molar-refractivity contribution in [2.45, 2.75) is 31.8 Å². The molecule has 1 aliphatic heterocycles. The Morgan fingerprint density at radius 3 is 2.83 bits per heavy atom. The number of amides is 2. The molecule has 0 bridgehead atoms. The highest BCUT2D eigenvalue weighted by atomic mass is 35.5. The van der Waals surface area contributed by atoms with Crippen molar-refractivity contribution in [1.29, 1.82) is 0 Å². The van der Waals surface area contributed by atoms with Crippen molar-refractivity contribution in [3.05, 3.63) is 35.1 Å². The van der Waals surface area contributed by atoms with E-state index in [0.29, 0.717) is 29.6 Å². The fourth-order valence-corrected chi connectivity index (χ4v) is 2.44. The number of carbonyl (C=O) groups excluding carboxylic acids is 2. The molecule has 8 heteroatoms. The third-order valence-corrected chi connectivity index (χ3v) is 3.84. The molecule has 0 unspecified atom stereocenters. The van der Waals surface area contributed by atoms with E-state index in [1.54, 1.807) is 31.2 Å². The van der Waals surface area contributed by atoms with Crippen LogP contribution in [0.15, 0.2) is 28.8 Å². The molecule has 0 radical (unpaired) electrons. The molecule has 0 spiro atoms. The van der Waals surface area contributed by atoms with E-state index in [2.05, 4.69) is 20.8 Å². The van der Waals surface area contributed by atoms with Gasteiger partial charge in [0.25, 0.3) is 5.89 Å². The highest BCUT2D eigenvalue weighted by molar-refractivity contribution is 6.30. The number of hydrogen-bond acceptors (Lipinski definition) is 5. The summed E-state index contributed by atoms with van der Waals surface area (Å²) in [6.07, 6.45) is 0.870. The highest BCUT2D eigenvalue weighted by Gasteiger charge is 2.28. The molecule has 1 aromatic heterocycles. The Morgan fingerprint density at radius 1 is 1.43 bits per heavy atom. The lowest BCUT2D eigenvalue weighted by Gasteiger charge is -2.14. The molecule has 1 aliphatic rings. The molecule has 7 nitrogen and oxygen atoms in total. The van der Waals surface area contributed by atoms with Gasteiger partial charge >= 0.3 is 0 Å². The van der Waals surface area contributed by atoms with Crippen LogP contribution in [0.4, 0.5) is 0 Å². The zero-order chi connectivity index (χ0) is 16.4. The smallest absolute Gasteiger partial charge is 0.257 e. The molecule has 120 valence electrons. The summed E-state index contributed by atoms with van der Waals surface area (Å²) in [5.41, 5.74) is 0.745. The summed E-state index contributed by atoms with van der Waals surface area (Å²) in [6.45, 7) is 1.76. The molecule has 3 rings (SSSR count). The number of benzene rings is 1. The fourth-order valence-electron chi connectivity index (χ4n) is 2.31. The minimum absolute atomic E-state index is 0.109. The fraction of sp³-hybridized carbons (Fsp3) is 0.333. The largest absolute Gasteiger partial charge is 0.344 e. The molecule has 1 fully saturated rings. The van der Waals surface area contributed by atoms with Crippen LogP contribution < -0.4 is 10.6 Å². The molecular formula is C15H15ClN4O3. The van der Waals surface area contributed by atoms with Crippen LogP contribution in [0.5, 0.6) is 0 Å². The Morgan fingerprint density at radius 2 is 2.17 bits per heavy atom. The van der Waals surface area contributed by atoms with Gasteiger partial charge in [0, 0.05) is 17.0 Å². The van der Waals surface area contributed by atoms with Gasteiger partial charge in [-0.25, -0.2) is 0 Å². The van der Waals surface area contributed by atoms with E-state index in [-0.39, 0.29) is 11.8 Å². The monoisotopic (exact) mass is 334 g/mol. The average molecular weight is 335 g/mol. The quantitative estimate of drug-likeness (QED) is 0.889. The van der Waals surface area contributed by atoms with Gasteiger partial charge in [0.1, 0.15) is 6.04 Å². The van der Waals surface area contributed by atoms with Gasteiger partial charge in [0.15, 0.2) is 5.82 Å². The van der Waals surface area contributed by atoms with Crippen LogP contribution in [0, 0.1) is 0 Å². The van der Waals surface area contributed by atoms with Gasteiger partial charge in [-0.05, 0) is 37.6 Å². The molecule has 2 N–H and O–H groups in total. The predicted molar refractivity (Wildman–Crippen MR) is 82.5 cm³/mol. The zero-order valence-electron chi connectivity index (χ0n) is 12.4. The van der Waals surface area contributed by atoms with Crippen LogP contribution in [-0.4, -0.2) is 28.0 Å². The van der Waals surface area contributed by atoms with Gasteiger partial charge in [-0.15, -0.1) is 0 Å². The molecule has 2 amide bonds. The third-order valence-electron chi connectivity index (χ3n) is 3.59. The van der Waals surface area contributed by atoms with E-state index in [9.17, 15) is 9.59 Å². The molecule has 1 aromatic carbocycles. The summed E-state index contributed by atoms with van der Waals surface area (Å²) < 4.78 is 5.21. The first-order chi connectivity index (χ1) is 11.0. The topological polar surface area (TPSA) is 97.1 Å². The molecular weight excluding hydrogens is 320 g/mol. The van der Waals surface area contributed by atoms with Crippen molar-refractivity contribution in [1.82, 2.24) is 20.8 Å². The van der Waals surface area contributed by atoms with Gasteiger partial charge in [-0.1, -0.05) is 16.8 Å². The Kier molecular flexibility index (Phi) is 4.29. The predicted octanol–water partition coefficient (Wildman–Crippen LogP) is 1.85. The number of nitrogens with one attached hydrogen (secondary N) is 2. The average Bonchev–Trinajstić information content (AvgIpc) is 3.17. The number of rotatable bonds is 4. The van der Waals surface area contributed by atoms with Gasteiger partial charge in [-0.2, -0.15) is 4.98 Å². The second-order valence-corrected chi connectivity index (χ2v) is 5.79. The van der Waals surface area contributed by atoms with Crippen LogP contribution >= 0.6 is 11.6 Å². The Hall–Kier alpha value is -2.41. The molecule has 23 heavy (non-hydrogen) atoms. The van der Waals surface area contributed by atoms with Crippen LogP contribution in [0.2, 0.25) is 5.02 Å². The second-order valence-electron chi connectivity index (χ2n) is 5.35. The van der Waals surface area contributed by atoms with Crippen molar-refractivity contribution in [2.24, 2.45) is 0 Å². The number of aromatic nitrogens is 2. The lowest BCUT2D eigenvalue weighted by atomic mass is 10.2. The summed E-state index contributed by atoms with van der Waals surface area (Å²) in [5, 5.41) is 9.90. The molecule has 2 aromatic rings. The molecule has 0 saturated carbocycles. The van der Waals surface area contributed by atoms with Crippen LogP contribution in [0.25, 0.3) is 11.5 Å². The van der Waals surface area contributed by atoms with E-state index in [0.717, 1.165) is 5.56 Å². The summed E-state index contributed by atoms with van der Waals surface area (Å²) in [6, 6.07) is 6.09. The maximum Gasteiger partial charge on any atom is 0.257 e. The Balaban J connectivity index is 1.66. The molecule has 0 aliphatic carbocycles. The first-order valence-corrected chi connectivity index (χ1v) is 7.60. The summed E-state index contributed by atoms with van der Waals surface area (Å²) in [5.74, 6) is 0.364. The first-order valence-electron chi connectivity index (χ1n) is 7.22. The summed E-state index contributed by atoms with van der Waals surface area (Å²) in [7, 11) is 0. The molecule has 2 heterocycles. The second kappa shape index (κ2) is 6.37. The van der Waals surface area contributed by atoms with E-state index in [1.165, 1.54) is 0 Å². The minimum atomic E-state index is -0.493. The van der Waals surface area contributed by atoms with E-state index in [1.807, 2.05) is 0 Å². The number of nitrogens with zero attached hydrogens (tertiary/aromatic N) is 2. The van der Waals surface area contributed by atoms with Crippen LogP contribution in [0.1, 0.15) is 31.6 Å². The normalized spacial score (nSPS) is 18.5. The number of hydrogen-bond donors (Lipinski definition) is 2. The van der Waals surface area contributed by atoms with Crippen LogP contribution in [-0.2, 0) is 9.59 Å². The van der Waals surface area contributed by atoms with Gasteiger partial charge < -0.3 is 15.2 Å².